The molecular formula is C32H42N2O. The van der Waals surface area contributed by atoms with Gasteiger partial charge in [0.1, 0.15) is 0 Å². The summed E-state index contributed by atoms with van der Waals surface area (Å²) in [7, 11) is 0. The number of hydrogen-bond donors (Lipinski definition) is 1. The molecule has 3 nitrogen and oxygen atoms in total. The van der Waals surface area contributed by atoms with Gasteiger partial charge in [0, 0.05) is 25.2 Å². The maximum Gasteiger partial charge on any atom is 0.0591 e. The van der Waals surface area contributed by atoms with E-state index in [1.165, 1.54) is 78.8 Å². The smallest absolute Gasteiger partial charge is 0.0591 e. The van der Waals surface area contributed by atoms with Gasteiger partial charge in [0.15, 0.2) is 0 Å². The van der Waals surface area contributed by atoms with Gasteiger partial charge in [-0.05, 0) is 117 Å². The Labute approximate surface area is 211 Å². The van der Waals surface area contributed by atoms with Gasteiger partial charge in [-0.2, -0.15) is 0 Å². The van der Waals surface area contributed by atoms with E-state index in [1.807, 2.05) is 13.8 Å². The molecule has 0 saturated carbocycles. The van der Waals surface area contributed by atoms with E-state index in [4.69, 9.17) is 0 Å². The van der Waals surface area contributed by atoms with Gasteiger partial charge in [-0.3, -0.25) is 9.80 Å². The first-order chi connectivity index (χ1) is 17.0. The van der Waals surface area contributed by atoms with Crippen molar-refractivity contribution >= 4 is 21.5 Å². The van der Waals surface area contributed by atoms with Crippen LogP contribution in [0.3, 0.4) is 0 Å². The van der Waals surface area contributed by atoms with Crippen molar-refractivity contribution in [1.29, 1.82) is 0 Å². The van der Waals surface area contributed by atoms with Crippen molar-refractivity contribution < 1.29 is 5.11 Å². The standard InChI is InChI=1S/C32H42N2O/c1-32(2,35)17-7-16-30-28-15-9-19-33-18-8-12-25(31(28)33)21-34(30)22-29-26-13-5-3-10-23(26)20-24-11-4-6-14-27(24)29/h3-6,10-11,13-14,20,25,28,30-31,35H,7-9,12,15-19,21-22H2,1-2H3/t25-,28-,30-,31+/m1/s1. The van der Waals surface area contributed by atoms with Gasteiger partial charge in [-0.1, -0.05) is 48.5 Å². The number of fused-ring (bicyclic) bond motifs is 2. The molecule has 3 aliphatic heterocycles. The molecule has 0 unspecified atom stereocenters. The van der Waals surface area contributed by atoms with Gasteiger partial charge >= 0.3 is 0 Å². The molecule has 3 heterocycles. The van der Waals surface area contributed by atoms with Crippen LogP contribution in [-0.4, -0.2) is 52.2 Å². The molecule has 3 fully saturated rings. The number of likely N-dealkylation sites (tertiary alicyclic amines) is 1. The Kier molecular flexibility index (Phi) is 6.37. The van der Waals surface area contributed by atoms with E-state index in [0.29, 0.717) is 6.04 Å². The summed E-state index contributed by atoms with van der Waals surface area (Å²) in [4.78, 5) is 5.75. The summed E-state index contributed by atoms with van der Waals surface area (Å²) >= 11 is 0. The van der Waals surface area contributed by atoms with E-state index in [9.17, 15) is 5.11 Å². The SMILES string of the molecule is CC(C)(O)CCC[C@@H]1[C@H]2CCCN3CCC[C@H](CN1Cc1c4ccccc4cc4ccccc14)[C@@H]23. The van der Waals surface area contributed by atoms with Crippen molar-refractivity contribution in [2.75, 3.05) is 19.6 Å². The van der Waals surface area contributed by atoms with E-state index >= 15 is 0 Å². The van der Waals surface area contributed by atoms with Crippen LogP contribution in [0.5, 0.6) is 0 Å². The van der Waals surface area contributed by atoms with Gasteiger partial charge in [0.05, 0.1) is 5.60 Å². The quantitative estimate of drug-likeness (QED) is 0.411. The lowest BCUT2D eigenvalue weighted by Crippen LogP contribution is -2.64. The number of piperidine rings is 3. The third-order valence-corrected chi connectivity index (χ3v) is 9.31. The van der Waals surface area contributed by atoms with Gasteiger partial charge in [0.2, 0.25) is 0 Å². The zero-order valence-corrected chi connectivity index (χ0v) is 21.6. The Hall–Kier alpha value is -1.94. The van der Waals surface area contributed by atoms with Crippen molar-refractivity contribution in [3.05, 3.63) is 60.2 Å². The molecule has 0 amide bonds. The van der Waals surface area contributed by atoms with Crippen LogP contribution in [0.15, 0.2) is 54.6 Å². The predicted octanol–water partition coefficient (Wildman–Crippen LogP) is 6.61. The van der Waals surface area contributed by atoms with Gasteiger partial charge in [0.25, 0.3) is 0 Å². The zero-order chi connectivity index (χ0) is 24.0. The minimum Gasteiger partial charge on any atom is -0.390 e. The molecular weight excluding hydrogens is 428 g/mol. The fourth-order valence-electron chi connectivity index (χ4n) is 7.89. The summed E-state index contributed by atoms with van der Waals surface area (Å²) in [5.41, 5.74) is 0.935. The number of rotatable bonds is 6. The molecule has 4 atom stereocenters. The lowest BCUT2D eigenvalue weighted by Gasteiger charge is -2.58. The molecule has 0 aromatic heterocycles. The summed E-state index contributed by atoms with van der Waals surface area (Å²) in [6.45, 7) is 8.81. The van der Waals surface area contributed by atoms with Gasteiger partial charge in [-0.25, -0.2) is 0 Å². The Morgan fingerprint density at radius 1 is 0.914 bits per heavy atom. The number of nitrogens with zero attached hydrogens (tertiary/aromatic N) is 2. The van der Waals surface area contributed by atoms with Crippen LogP contribution < -0.4 is 0 Å². The molecule has 186 valence electrons. The fourth-order valence-corrected chi connectivity index (χ4v) is 7.89. The molecule has 3 aromatic carbocycles. The maximum atomic E-state index is 10.4. The average Bonchev–Trinajstić information content (AvgIpc) is 2.85. The second-order valence-corrected chi connectivity index (χ2v) is 12.2. The Morgan fingerprint density at radius 2 is 1.57 bits per heavy atom. The average molecular weight is 471 g/mol. The lowest BCUT2D eigenvalue weighted by molar-refractivity contribution is -0.0818. The molecule has 1 N–H and O–H groups in total. The maximum absolute atomic E-state index is 10.4. The van der Waals surface area contributed by atoms with Crippen molar-refractivity contribution in [3.8, 4) is 0 Å². The van der Waals surface area contributed by atoms with Crippen LogP contribution >= 0.6 is 0 Å². The second kappa shape index (κ2) is 9.50. The van der Waals surface area contributed by atoms with E-state index < -0.39 is 5.60 Å². The summed E-state index contributed by atoms with van der Waals surface area (Å²) in [6, 6.07) is 21.7. The van der Waals surface area contributed by atoms with Crippen LogP contribution in [-0.2, 0) is 6.54 Å². The highest BCUT2D eigenvalue weighted by Crippen LogP contribution is 2.44. The molecule has 0 bridgehead atoms. The molecule has 3 aromatic rings. The van der Waals surface area contributed by atoms with Crippen molar-refractivity contribution in [1.82, 2.24) is 9.80 Å². The number of benzene rings is 3. The normalized spacial score (nSPS) is 27.9. The topological polar surface area (TPSA) is 26.7 Å². The lowest BCUT2D eigenvalue weighted by atomic mass is 9.68. The van der Waals surface area contributed by atoms with Crippen LogP contribution in [0.25, 0.3) is 21.5 Å². The molecule has 3 heteroatoms. The summed E-state index contributed by atoms with van der Waals surface area (Å²) in [5.74, 6) is 1.58. The molecule has 3 aliphatic rings. The highest BCUT2D eigenvalue weighted by Gasteiger charge is 2.48. The summed E-state index contributed by atoms with van der Waals surface area (Å²) in [5, 5.41) is 16.0. The Bertz CT molecular complexity index is 1130. The van der Waals surface area contributed by atoms with Crippen LogP contribution in [0, 0.1) is 11.8 Å². The predicted molar refractivity (Wildman–Crippen MR) is 147 cm³/mol. The van der Waals surface area contributed by atoms with Crippen molar-refractivity contribution in [3.63, 3.8) is 0 Å². The van der Waals surface area contributed by atoms with E-state index in [-0.39, 0.29) is 0 Å². The monoisotopic (exact) mass is 470 g/mol. The van der Waals surface area contributed by atoms with Crippen LogP contribution in [0.4, 0.5) is 0 Å². The minimum atomic E-state index is -0.572. The second-order valence-electron chi connectivity index (χ2n) is 12.2. The first-order valence-corrected chi connectivity index (χ1v) is 14.1. The van der Waals surface area contributed by atoms with E-state index in [2.05, 4.69) is 64.4 Å². The van der Waals surface area contributed by atoms with Crippen molar-refractivity contribution in [2.24, 2.45) is 11.8 Å². The highest BCUT2D eigenvalue weighted by atomic mass is 16.3. The zero-order valence-electron chi connectivity index (χ0n) is 21.6. The highest BCUT2D eigenvalue weighted by molar-refractivity contribution is 6.02. The third kappa shape index (κ3) is 4.63. The van der Waals surface area contributed by atoms with Crippen LogP contribution in [0.2, 0.25) is 0 Å². The molecule has 6 rings (SSSR count). The number of aliphatic hydroxyl groups is 1. The minimum absolute atomic E-state index is 0.572. The molecule has 0 spiro atoms. The van der Waals surface area contributed by atoms with Crippen molar-refractivity contribution in [2.45, 2.75) is 83.0 Å². The molecule has 3 saturated heterocycles. The first-order valence-electron chi connectivity index (χ1n) is 14.1. The fraction of sp³-hybridized carbons (Fsp3) is 0.562. The Balaban J connectivity index is 1.38. The third-order valence-electron chi connectivity index (χ3n) is 9.31. The van der Waals surface area contributed by atoms with Gasteiger partial charge in [-0.15, -0.1) is 0 Å². The summed E-state index contributed by atoms with van der Waals surface area (Å²) in [6.07, 6.45) is 8.67. The Morgan fingerprint density at radius 3 is 2.26 bits per heavy atom. The first kappa shape index (κ1) is 23.5. The molecule has 35 heavy (non-hydrogen) atoms. The van der Waals surface area contributed by atoms with Gasteiger partial charge < -0.3 is 5.11 Å². The molecule has 0 radical (unpaired) electrons. The summed E-state index contributed by atoms with van der Waals surface area (Å²) < 4.78 is 0. The molecule has 0 aliphatic carbocycles. The van der Waals surface area contributed by atoms with E-state index in [0.717, 1.165) is 37.3 Å². The largest absolute Gasteiger partial charge is 0.390 e. The van der Waals surface area contributed by atoms with Crippen LogP contribution in [0.1, 0.15) is 64.4 Å². The van der Waals surface area contributed by atoms with E-state index in [1.54, 1.807) is 0 Å². The number of hydrogen-bond acceptors (Lipinski definition) is 3.